The van der Waals surface area contributed by atoms with E-state index >= 15 is 0 Å². The Morgan fingerprint density at radius 2 is 1.84 bits per heavy atom. The summed E-state index contributed by atoms with van der Waals surface area (Å²) in [5, 5.41) is 17.6. The zero-order valence-corrected chi connectivity index (χ0v) is 23.3. The first-order chi connectivity index (χ1) is 17.8. The van der Waals surface area contributed by atoms with Crippen LogP contribution in [0.5, 0.6) is 5.75 Å². The van der Waals surface area contributed by atoms with Crippen molar-refractivity contribution in [2.75, 3.05) is 42.3 Å². The van der Waals surface area contributed by atoms with Crippen molar-refractivity contribution in [3.8, 4) is 11.8 Å². The number of hydrogen-bond acceptors (Lipinski definition) is 11. The predicted octanol–water partition coefficient (Wildman–Crippen LogP) is 1.58. The van der Waals surface area contributed by atoms with Crippen LogP contribution in [0.4, 0.5) is 17.5 Å². The molecule has 3 atom stereocenters. The first-order valence-corrected chi connectivity index (χ1v) is 14.2. The van der Waals surface area contributed by atoms with Crippen molar-refractivity contribution in [1.29, 1.82) is 5.26 Å². The highest BCUT2D eigenvalue weighted by Gasteiger charge is 2.57. The van der Waals surface area contributed by atoms with Crippen molar-refractivity contribution in [3.63, 3.8) is 0 Å². The van der Waals surface area contributed by atoms with Crippen LogP contribution < -0.4 is 14.5 Å². The number of carbonyl (C=O) groups excluding carboxylic acids is 1. The first-order valence-electron chi connectivity index (χ1n) is 12.6. The lowest BCUT2D eigenvalue weighted by atomic mass is 9.87. The Labute approximate surface area is 222 Å². The minimum absolute atomic E-state index is 0.0628. The number of carbonyl (C=O) groups is 1. The Morgan fingerprint density at radius 3 is 2.45 bits per heavy atom. The molecule has 2 aromatic heterocycles. The molecule has 0 aromatic carbocycles. The molecule has 13 heteroatoms. The molecule has 2 aromatic rings. The van der Waals surface area contributed by atoms with E-state index in [1.54, 1.807) is 17.9 Å². The summed E-state index contributed by atoms with van der Waals surface area (Å²) in [6.45, 7) is 11.2. The quantitative estimate of drug-likeness (QED) is 0.557. The molecule has 12 nitrogen and oxygen atoms in total. The van der Waals surface area contributed by atoms with E-state index in [0.717, 1.165) is 11.4 Å². The number of sulfone groups is 1. The third kappa shape index (κ3) is 3.76. The fourth-order valence-corrected chi connectivity index (χ4v) is 7.22. The van der Waals surface area contributed by atoms with Crippen molar-refractivity contribution >= 4 is 33.2 Å². The third-order valence-corrected chi connectivity index (χ3v) is 10.6. The highest BCUT2D eigenvalue weighted by molar-refractivity contribution is 7.95. The highest BCUT2D eigenvalue weighted by atomic mass is 32.2. The predicted molar refractivity (Wildman–Crippen MR) is 140 cm³/mol. The lowest BCUT2D eigenvalue weighted by Gasteiger charge is -2.49. The minimum atomic E-state index is -3.41. The Balaban J connectivity index is 1.48. The minimum Gasteiger partial charge on any atom is -0.493 e. The maximum Gasteiger partial charge on any atom is 0.244 e. The summed E-state index contributed by atoms with van der Waals surface area (Å²) in [5.41, 5.74) is 0.715. The summed E-state index contributed by atoms with van der Waals surface area (Å²) in [4.78, 5) is 28.5. The standard InChI is InChI=1S/C25H32N8O4S/c1-15-12-32(23(34)25(5)7-8-38(25,35)36)16(2)11-31(15)21-20-22(28-14-27-21)33(13-24(20,3)4)19-9-18(37-6)17(10-26)29-30-19/h9,14-16H,7-8,11-13H2,1-6H3/t15-,16+,25?/m0/s1. The molecule has 0 saturated carbocycles. The van der Waals surface area contributed by atoms with Crippen LogP contribution in [0.15, 0.2) is 12.4 Å². The lowest BCUT2D eigenvalue weighted by molar-refractivity contribution is -0.137. The van der Waals surface area contributed by atoms with Gasteiger partial charge in [0.1, 0.15) is 28.8 Å². The Morgan fingerprint density at radius 1 is 1.13 bits per heavy atom. The maximum absolute atomic E-state index is 13.4. The number of amides is 1. The summed E-state index contributed by atoms with van der Waals surface area (Å²) >= 11 is 0. The summed E-state index contributed by atoms with van der Waals surface area (Å²) in [7, 11) is -1.93. The van der Waals surface area contributed by atoms with Crippen molar-refractivity contribution in [2.24, 2.45) is 0 Å². The number of methoxy groups -OCH3 is 1. The van der Waals surface area contributed by atoms with E-state index < -0.39 is 14.6 Å². The van der Waals surface area contributed by atoms with Crippen LogP contribution in [-0.4, -0.2) is 88.7 Å². The number of nitrogens with zero attached hydrogens (tertiary/aromatic N) is 8. The van der Waals surface area contributed by atoms with Gasteiger partial charge in [-0.25, -0.2) is 18.4 Å². The molecule has 0 radical (unpaired) electrons. The van der Waals surface area contributed by atoms with Crippen LogP contribution in [0, 0.1) is 11.3 Å². The molecular weight excluding hydrogens is 508 g/mol. The van der Waals surface area contributed by atoms with Crippen LogP contribution in [0.25, 0.3) is 0 Å². The average Bonchev–Trinajstić information content (AvgIpc) is 3.18. The van der Waals surface area contributed by atoms with Gasteiger partial charge in [0.05, 0.1) is 12.9 Å². The Hall–Kier alpha value is -3.53. The van der Waals surface area contributed by atoms with Crippen LogP contribution in [0.3, 0.4) is 0 Å². The summed E-state index contributed by atoms with van der Waals surface area (Å²) in [5.74, 6) is 2.09. The molecule has 5 rings (SSSR count). The normalized spacial score (nSPS) is 27.3. The Kier molecular flexibility index (Phi) is 6.01. The third-order valence-electron chi connectivity index (χ3n) is 8.15. The summed E-state index contributed by atoms with van der Waals surface area (Å²) < 4.78 is 28.8. The number of fused-ring (bicyclic) bond motifs is 1. The number of nitriles is 1. The molecule has 202 valence electrons. The number of hydrogen-bond donors (Lipinski definition) is 0. The van der Waals surface area contributed by atoms with E-state index in [4.69, 9.17) is 9.72 Å². The van der Waals surface area contributed by atoms with Crippen molar-refractivity contribution in [3.05, 3.63) is 23.7 Å². The molecule has 38 heavy (non-hydrogen) atoms. The maximum atomic E-state index is 13.4. The molecule has 2 saturated heterocycles. The van der Waals surface area contributed by atoms with E-state index in [1.807, 2.05) is 24.8 Å². The van der Waals surface area contributed by atoms with Crippen molar-refractivity contribution in [1.82, 2.24) is 25.1 Å². The van der Waals surface area contributed by atoms with Crippen LogP contribution in [0.2, 0.25) is 0 Å². The van der Waals surface area contributed by atoms with Crippen LogP contribution in [0.1, 0.15) is 52.3 Å². The molecule has 0 aliphatic carbocycles. The number of rotatable bonds is 4. The summed E-state index contributed by atoms with van der Waals surface area (Å²) in [6, 6.07) is 3.37. The smallest absolute Gasteiger partial charge is 0.244 e. The number of aromatic nitrogens is 4. The molecule has 3 aliphatic heterocycles. The molecule has 0 N–H and O–H groups in total. The molecule has 1 unspecified atom stereocenters. The fraction of sp³-hybridized carbons (Fsp3) is 0.600. The van der Waals surface area contributed by atoms with Crippen LogP contribution in [-0.2, 0) is 20.0 Å². The average molecular weight is 541 g/mol. The van der Waals surface area contributed by atoms with E-state index in [9.17, 15) is 18.5 Å². The molecular formula is C25H32N8O4S. The lowest BCUT2D eigenvalue weighted by Crippen LogP contribution is -2.66. The van der Waals surface area contributed by atoms with Crippen LogP contribution >= 0.6 is 0 Å². The molecule has 0 spiro atoms. The van der Waals surface area contributed by atoms with Gasteiger partial charge in [-0.1, -0.05) is 13.8 Å². The van der Waals surface area contributed by atoms with Gasteiger partial charge in [-0.05, 0) is 27.2 Å². The monoisotopic (exact) mass is 540 g/mol. The fourth-order valence-electron chi connectivity index (χ4n) is 5.69. The number of ether oxygens (including phenoxy) is 1. The number of piperazine rings is 1. The van der Waals surface area contributed by atoms with E-state index in [-0.39, 0.29) is 34.9 Å². The molecule has 3 aliphatic rings. The van der Waals surface area contributed by atoms with Gasteiger partial charge in [-0.2, -0.15) is 5.26 Å². The second kappa shape index (κ2) is 8.76. The van der Waals surface area contributed by atoms with E-state index in [2.05, 4.69) is 33.9 Å². The van der Waals surface area contributed by atoms with Crippen molar-refractivity contribution in [2.45, 2.75) is 63.3 Å². The van der Waals surface area contributed by atoms with Crippen molar-refractivity contribution < 1.29 is 17.9 Å². The van der Waals surface area contributed by atoms with Gasteiger partial charge in [0.2, 0.25) is 11.6 Å². The SMILES string of the molecule is COc1cc(N2CC(C)(C)c3c2ncnc3N2C[C@@H](C)N(C(=O)C3(C)CCS3(=O)=O)C[C@@H]2C)nnc1C#N. The zero-order valence-electron chi connectivity index (χ0n) is 22.5. The summed E-state index contributed by atoms with van der Waals surface area (Å²) in [6.07, 6.45) is 1.88. The van der Waals surface area contributed by atoms with E-state index in [0.29, 0.717) is 43.4 Å². The highest BCUT2D eigenvalue weighted by Crippen LogP contribution is 2.47. The molecule has 5 heterocycles. The van der Waals surface area contributed by atoms with Gasteiger partial charge in [0, 0.05) is 48.8 Å². The van der Waals surface area contributed by atoms with Gasteiger partial charge in [-0.3, -0.25) is 4.79 Å². The number of anilines is 3. The largest absolute Gasteiger partial charge is 0.493 e. The molecule has 1 amide bonds. The first kappa shape index (κ1) is 26.1. The second-order valence-corrected chi connectivity index (χ2v) is 13.7. The Bertz CT molecular complexity index is 1460. The molecule has 0 bridgehead atoms. The van der Waals surface area contributed by atoms with Gasteiger partial charge in [0.25, 0.3) is 0 Å². The second-order valence-electron chi connectivity index (χ2n) is 11.2. The zero-order chi connectivity index (χ0) is 27.6. The topological polar surface area (TPSA) is 146 Å². The molecule has 2 fully saturated rings. The van der Waals surface area contributed by atoms with E-state index in [1.165, 1.54) is 13.4 Å². The van der Waals surface area contributed by atoms with Gasteiger partial charge >= 0.3 is 0 Å². The van der Waals surface area contributed by atoms with Gasteiger partial charge in [0.15, 0.2) is 21.4 Å². The van der Waals surface area contributed by atoms with Gasteiger partial charge < -0.3 is 19.4 Å². The van der Waals surface area contributed by atoms with Gasteiger partial charge in [-0.15, -0.1) is 10.2 Å².